The first kappa shape index (κ1) is 34.7. The number of aromatic nitrogens is 1. The van der Waals surface area contributed by atoms with Crippen LogP contribution in [0, 0.1) is 17.8 Å². The van der Waals surface area contributed by atoms with Gasteiger partial charge in [-0.25, -0.2) is 11.5 Å². The number of hydrogen-bond acceptors (Lipinski definition) is 13. The number of benzene rings is 3. The van der Waals surface area contributed by atoms with Gasteiger partial charge < -0.3 is 43.8 Å². The average molecular weight is 677 g/mol. The molecule has 0 atom stereocenters. The van der Waals surface area contributed by atoms with E-state index in [2.05, 4.69) is 9.98 Å². The van der Waals surface area contributed by atoms with Crippen LogP contribution < -0.4 is 35.5 Å². The Bertz CT molecular complexity index is 1870. The predicted molar refractivity (Wildman–Crippen MR) is 173 cm³/mol. The zero-order chi connectivity index (χ0) is 35.2. The van der Waals surface area contributed by atoms with Gasteiger partial charge in [-0.3, -0.25) is 4.99 Å². The maximum atomic E-state index is 16.2. The molecule has 0 fully saturated rings. The average Bonchev–Trinajstić information content (AvgIpc) is 3.50. The first-order valence-electron chi connectivity index (χ1n) is 15.0. The van der Waals surface area contributed by atoms with Crippen molar-refractivity contribution in [2.75, 3.05) is 47.4 Å². The van der Waals surface area contributed by atoms with Gasteiger partial charge >= 0.3 is 0 Å². The number of phenols is 1. The number of amidine groups is 1. The van der Waals surface area contributed by atoms with Gasteiger partial charge in [0.1, 0.15) is 11.6 Å². The Labute approximate surface area is 280 Å². The molecule has 0 spiro atoms. The maximum absolute atomic E-state index is 16.2. The van der Waals surface area contributed by atoms with Gasteiger partial charge in [0, 0.05) is 37.3 Å². The number of likely N-dealkylation sites (N-methyl/N-ethyl adjacent to an activating group) is 1. The number of aliphatic imine (C=N–C) groups is 1. The van der Waals surface area contributed by atoms with Gasteiger partial charge in [0.2, 0.25) is 23.1 Å². The number of aromatic carboxylic acids is 1. The summed E-state index contributed by atoms with van der Waals surface area (Å²) >= 11 is 0. The van der Waals surface area contributed by atoms with E-state index in [-0.39, 0.29) is 46.9 Å². The number of carbonyl (C=O) groups is 1. The van der Waals surface area contributed by atoms with Crippen molar-refractivity contribution in [1.29, 1.82) is 0 Å². The molecule has 1 aliphatic rings. The predicted octanol–water partition coefficient (Wildman–Crippen LogP) is 3.58. The summed E-state index contributed by atoms with van der Waals surface area (Å²) in [6.45, 7) is 2.18. The summed E-state index contributed by atoms with van der Waals surface area (Å²) in [6, 6.07) is 13.9. The number of carboxylic acid groups (broad SMARTS) is 1. The minimum Gasteiger partial charge on any atom is -0.545 e. The number of ether oxygens (including phenoxy) is 4. The molecule has 3 aromatic carbocycles. The number of carbonyl (C=O) groups excluding carboxylic acids is 1. The first-order valence-corrected chi connectivity index (χ1v) is 15.0. The molecule has 0 saturated heterocycles. The van der Waals surface area contributed by atoms with Gasteiger partial charge in [-0.2, -0.15) is 13.8 Å². The topological polar surface area (TPSA) is 181 Å². The summed E-state index contributed by atoms with van der Waals surface area (Å²) in [4.78, 5) is 24.0. The molecule has 15 heteroatoms. The second-order valence-electron chi connectivity index (χ2n) is 11.2. The Kier molecular flexibility index (Phi) is 10.7. The third-order valence-corrected chi connectivity index (χ3v) is 7.24. The van der Waals surface area contributed by atoms with Gasteiger partial charge in [-0.15, -0.1) is 0 Å². The largest absolute Gasteiger partial charge is 0.545 e. The number of carboxylic acids is 1. The molecule has 5 rings (SSSR count). The molecule has 49 heavy (non-hydrogen) atoms. The molecule has 0 radical (unpaired) electrons. The van der Waals surface area contributed by atoms with E-state index in [4.69, 9.17) is 30.4 Å². The molecule has 2 heterocycles. The van der Waals surface area contributed by atoms with E-state index < -0.39 is 40.9 Å². The number of rotatable bonds is 14. The number of phenolic OH excluding ortho intramolecular Hbond substituents is 1. The fraction of sp³-hybridized carbons (Fsp3) is 0.235. The van der Waals surface area contributed by atoms with Crippen LogP contribution in [-0.4, -0.2) is 79.1 Å². The summed E-state index contributed by atoms with van der Waals surface area (Å²) < 4.78 is 55.3. The molecule has 13 nitrogen and oxygen atoms in total. The van der Waals surface area contributed by atoms with Crippen LogP contribution >= 0.6 is 0 Å². The van der Waals surface area contributed by atoms with E-state index in [0.717, 1.165) is 12.6 Å². The summed E-state index contributed by atoms with van der Waals surface area (Å²) in [7, 11) is 5.65. The zero-order valence-corrected chi connectivity index (χ0v) is 26.9. The number of halogens is 2. The van der Waals surface area contributed by atoms with Gasteiger partial charge in [0.05, 0.1) is 31.3 Å². The second-order valence-corrected chi connectivity index (χ2v) is 11.2. The normalized spacial score (nSPS) is 12.6. The van der Waals surface area contributed by atoms with Gasteiger partial charge in [0.25, 0.3) is 11.8 Å². The Balaban J connectivity index is 1.58. The number of nitrogens with two attached hydrogens (primary N) is 2. The van der Waals surface area contributed by atoms with E-state index in [1.807, 2.05) is 30.9 Å². The zero-order valence-electron chi connectivity index (χ0n) is 26.9. The lowest BCUT2D eigenvalue weighted by Gasteiger charge is -2.18. The van der Waals surface area contributed by atoms with Crippen LogP contribution in [0.3, 0.4) is 0 Å². The molecule has 5 N–H and O–H groups in total. The first-order chi connectivity index (χ1) is 23.4. The van der Waals surface area contributed by atoms with E-state index in [1.165, 1.54) is 36.4 Å². The second kappa shape index (κ2) is 15.1. The highest BCUT2D eigenvalue weighted by Gasteiger charge is 2.29. The molecule has 0 saturated carbocycles. The summed E-state index contributed by atoms with van der Waals surface area (Å²) in [5.74, 6) is -7.39. The van der Waals surface area contributed by atoms with Crippen molar-refractivity contribution >= 4 is 11.8 Å². The fourth-order valence-corrected chi connectivity index (χ4v) is 4.75. The standard InChI is InChI=1S/C34H34F2N6O7/c1-41(2)13-5-15-46-24-11-9-21(34(44)45)18-26(24)48-29-27(35)32(47-22-7-4-6-20(16-22)31-39-12-14-42(31)3)40-33(28(29)36)49-25-17-19(30(37)38)8-10-23(25)43/h4,6-11,16-18,43H,5,12-15H2,1-3H3,(H3,37,38)(H,44,45). The van der Waals surface area contributed by atoms with Crippen molar-refractivity contribution in [3.05, 3.63) is 95.2 Å². The van der Waals surface area contributed by atoms with Crippen LogP contribution in [0.4, 0.5) is 8.78 Å². The molecule has 1 aromatic heterocycles. The molecular formula is C34H34F2N6O7. The van der Waals surface area contributed by atoms with Crippen molar-refractivity contribution in [2.45, 2.75) is 6.42 Å². The summed E-state index contributed by atoms with van der Waals surface area (Å²) in [6.07, 6.45) is 0.464. The lowest BCUT2D eigenvalue weighted by atomic mass is 10.1. The van der Waals surface area contributed by atoms with E-state index >= 15 is 8.78 Å². The Morgan fingerprint density at radius 1 is 1.00 bits per heavy atom. The SMILES string of the molecule is CN(C)CCCOc1ccc(C(=O)[O-])cc1Oc1c(F)c(Oc2cccc(C3=NCCN3C)c2)nc(Oc2cc([C+](N)N)ccc2O)c1F. The fourth-order valence-electron chi connectivity index (χ4n) is 4.75. The summed E-state index contributed by atoms with van der Waals surface area (Å²) in [5.41, 5.74) is 11.9. The van der Waals surface area contributed by atoms with Gasteiger partial charge in [0.15, 0.2) is 29.0 Å². The number of hydrogen-bond donors (Lipinski definition) is 3. The minimum atomic E-state index is -1.56. The van der Waals surface area contributed by atoms with Gasteiger partial charge in [-0.1, -0.05) is 12.1 Å². The Morgan fingerprint density at radius 2 is 1.76 bits per heavy atom. The minimum absolute atomic E-state index is 0.00207. The van der Waals surface area contributed by atoms with Crippen LogP contribution in [0.25, 0.3) is 0 Å². The van der Waals surface area contributed by atoms with Crippen molar-refractivity contribution in [2.24, 2.45) is 16.5 Å². The highest BCUT2D eigenvalue weighted by Crippen LogP contribution is 2.43. The maximum Gasteiger partial charge on any atom is 0.264 e. The molecule has 0 bridgehead atoms. The van der Waals surface area contributed by atoms with Crippen molar-refractivity contribution in [3.8, 4) is 46.3 Å². The molecular weight excluding hydrogens is 642 g/mol. The van der Waals surface area contributed by atoms with Crippen molar-refractivity contribution in [3.63, 3.8) is 0 Å². The monoisotopic (exact) mass is 676 g/mol. The molecule has 0 aliphatic carbocycles. The molecule has 0 unspecified atom stereocenters. The van der Waals surface area contributed by atoms with Crippen molar-refractivity contribution < 1.29 is 42.7 Å². The lowest BCUT2D eigenvalue weighted by Crippen LogP contribution is -2.23. The molecule has 4 aromatic rings. The molecule has 0 amide bonds. The number of aromatic hydroxyl groups is 1. The van der Waals surface area contributed by atoms with Crippen LogP contribution in [-0.2, 0) is 0 Å². The smallest absolute Gasteiger partial charge is 0.264 e. The Morgan fingerprint density at radius 3 is 2.43 bits per heavy atom. The molecule has 256 valence electrons. The summed E-state index contributed by atoms with van der Waals surface area (Å²) in [5, 5.41) is 22.1. The van der Waals surface area contributed by atoms with Crippen LogP contribution in [0.15, 0.2) is 65.7 Å². The number of pyridine rings is 1. The van der Waals surface area contributed by atoms with Crippen molar-refractivity contribution in [1.82, 2.24) is 14.8 Å². The van der Waals surface area contributed by atoms with Crippen LogP contribution in [0.1, 0.15) is 27.9 Å². The van der Waals surface area contributed by atoms with E-state index in [9.17, 15) is 15.0 Å². The third kappa shape index (κ3) is 8.27. The highest BCUT2D eigenvalue weighted by molar-refractivity contribution is 5.99. The highest BCUT2D eigenvalue weighted by atomic mass is 19.1. The Hall–Kier alpha value is -5.64. The van der Waals surface area contributed by atoms with Gasteiger partial charge in [-0.05, 0) is 50.8 Å². The van der Waals surface area contributed by atoms with Crippen LogP contribution in [0.5, 0.6) is 46.3 Å². The third-order valence-electron chi connectivity index (χ3n) is 7.24. The van der Waals surface area contributed by atoms with E-state index in [1.54, 1.807) is 18.2 Å². The number of nitrogens with zero attached hydrogens (tertiary/aromatic N) is 4. The van der Waals surface area contributed by atoms with Crippen LogP contribution in [0.2, 0.25) is 0 Å². The quantitative estimate of drug-likeness (QED) is 0.131. The lowest BCUT2D eigenvalue weighted by molar-refractivity contribution is -0.255. The molecule has 1 aliphatic heterocycles. The van der Waals surface area contributed by atoms with E-state index in [0.29, 0.717) is 30.9 Å².